The van der Waals surface area contributed by atoms with Gasteiger partial charge in [-0.3, -0.25) is 0 Å². The second-order valence-electron chi connectivity index (χ2n) is 6.65. The van der Waals surface area contributed by atoms with E-state index in [2.05, 4.69) is 16.5 Å². The smallest absolute Gasteiger partial charge is 0.157 e. The van der Waals surface area contributed by atoms with Gasteiger partial charge in [0.05, 0.1) is 6.20 Å². The number of hydrogen-bond acceptors (Lipinski definition) is 4. The van der Waals surface area contributed by atoms with Gasteiger partial charge in [-0.25, -0.2) is 4.98 Å². The van der Waals surface area contributed by atoms with Crippen LogP contribution in [-0.4, -0.2) is 26.7 Å². The topological polar surface area (TPSA) is 68.2 Å². The molecule has 2 saturated carbocycles. The Kier molecular flexibility index (Phi) is 3.30. The zero-order valence-corrected chi connectivity index (χ0v) is 12.3. The number of nitrogens with one attached hydrogen (secondary N) is 1. The molecule has 2 aliphatic rings. The summed E-state index contributed by atoms with van der Waals surface area (Å²) in [6, 6.07) is 4.97. The molecule has 2 aromatic rings. The minimum Gasteiger partial charge on any atom is -0.367 e. The summed E-state index contributed by atoms with van der Waals surface area (Å²) in [4.78, 5) is 4.74. The van der Waals surface area contributed by atoms with Gasteiger partial charge in [0.1, 0.15) is 5.82 Å². The number of nitrogens with zero attached hydrogens (tertiary/aromatic N) is 3. The zero-order valence-electron chi connectivity index (χ0n) is 12.3. The van der Waals surface area contributed by atoms with Gasteiger partial charge in [-0.15, -0.1) is 0 Å². The molecule has 0 aliphatic heterocycles. The van der Waals surface area contributed by atoms with E-state index in [0.29, 0.717) is 12.1 Å². The highest BCUT2D eigenvalue weighted by molar-refractivity contribution is 5.49. The van der Waals surface area contributed by atoms with Crippen LogP contribution < -0.4 is 11.1 Å². The molecule has 112 valence electrons. The number of aromatic nitrogens is 3. The van der Waals surface area contributed by atoms with Crippen LogP contribution in [0, 0.1) is 5.92 Å². The summed E-state index contributed by atoms with van der Waals surface area (Å²) in [5.74, 6) is 1.90. The number of hydrogen-bond donors (Lipinski definition) is 2. The summed E-state index contributed by atoms with van der Waals surface area (Å²) in [6.45, 7) is 0. The van der Waals surface area contributed by atoms with Crippen molar-refractivity contribution >= 4 is 11.5 Å². The van der Waals surface area contributed by atoms with E-state index in [1.807, 2.05) is 16.8 Å². The van der Waals surface area contributed by atoms with E-state index in [0.717, 1.165) is 43.1 Å². The summed E-state index contributed by atoms with van der Waals surface area (Å²) in [5, 5.41) is 8.03. The van der Waals surface area contributed by atoms with Gasteiger partial charge in [0.2, 0.25) is 0 Å². The van der Waals surface area contributed by atoms with Crippen molar-refractivity contribution in [2.24, 2.45) is 11.7 Å². The maximum absolute atomic E-state index is 6.02. The van der Waals surface area contributed by atoms with Gasteiger partial charge in [0, 0.05) is 29.9 Å². The minimum atomic E-state index is 0.340. The first kappa shape index (κ1) is 13.1. The van der Waals surface area contributed by atoms with Gasteiger partial charge < -0.3 is 11.1 Å². The quantitative estimate of drug-likeness (QED) is 0.905. The van der Waals surface area contributed by atoms with Crippen LogP contribution in [0.5, 0.6) is 0 Å². The lowest BCUT2D eigenvalue weighted by Gasteiger charge is -2.25. The van der Waals surface area contributed by atoms with E-state index >= 15 is 0 Å². The van der Waals surface area contributed by atoms with Crippen LogP contribution in [-0.2, 0) is 6.42 Å². The third kappa shape index (κ3) is 2.62. The fourth-order valence-corrected chi connectivity index (χ4v) is 3.52. The van der Waals surface area contributed by atoms with Crippen LogP contribution in [0.2, 0.25) is 0 Å². The molecular weight excluding hydrogens is 262 g/mol. The number of fused-ring (bicyclic) bond motifs is 1. The summed E-state index contributed by atoms with van der Waals surface area (Å²) in [5.41, 5.74) is 8.15. The Bertz CT molecular complexity index is 631. The van der Waals surface area contributed by atoms with E-state index < -0.39 is 0 Å². The molecule has 5 heteroatoms. The van der Waals surface area contributed by atoms with Crippen LogP contribution in [0.15, 0.2) is 18.3 Å². The van der Waals surface area contributed by atoms with Crippen LogP contribution in [0.3, 0.4) is 0 Å². The van der Waals surface area contributed by atoms with Gasteiger partial charge >= 0.3 is 0 Å². The van der Waals surface area contributed by atoms with Crippen LogP contribution in [0.25, 0.3) is 5.65 Å². The maximum atomic E-state index is 6.02. The number of nitrogens with two attached hydrogens (primary N) is 1. The van der Waals surface area contributed by atoms with E-state index in [9.17, 15) is 0 Å². The Labute approximate surface area is 124 Å². The average molecular weight is 285 g/mol. The largest absolute Gasteiger partial charge is 0.367 e. The Balaban J connectivity index is 1.60. The molecule has 2 heterocycles. The Morgan fingerprint density at radius 1 is 1.29 bits per heavy atom. The van der Waals surface area contributed by atoms with Crippen molar-refractivity contribution in [3.05, 3.63) is 24.0 Å². The number of rotatable bonds is 4. The van der Waals surface area contributed by atoms with Crippen LogP contribution in [0.1, 0.15) is 44.2 Å². The van der Waals surface area contributed by atoms with Crippen molar-refractivity contribution in [1.82, 2.24) is 14.6 Å². The van der Waals surface area contributed by atoms with Crippen LogP contribution in [0.4, 0.5) is 5.82 Å². The lowest BCUT2D eigenvalue weighted by Crippen LogP contribution is -2.22. The molecule has 0 bridgehead atoms. The highest BCUT2D eigenvalue weighted by Gasteiger charge is 2.23. The molecule has 0 amide bonds. The molecule has 3 N–H and O–H groups in total. The molecule has 21 heavy (non-hydrogen) atoms. The van der Waals surface area contributed by atoms with E-state index in [1.165, 1.54) is 25.0 Å². The molecule has 2 aliphatic carbocycles. The molecule has 2 atom stereocenters. The molecule has 5 nitrogen and oxygen atoms in total. The van der Waals surface area contributed by atoms with Gasteiger partial charge in [0.25, 0.3) is 0 Å². The molecule has 0 aromatic carbocycles. The fourth-order valence-electron chi connectivity index (χ4n) is 3.52. The normalized spacial score (nSPS) is 26.1. The molecule has 2 fully saturated rings. The van der Waals surface area contributed by atoms with Gasteiger partial charge in [-0.2, -0.15) is 9.61 Å². The van der Waals surface area contributed by atoms with Crippen molar-refractivity contribution in [1.29, 1.82) is 0 Å². The van der Waals surface area contributed by atoms with E-state index in [-0.39, 0.29) is 0 Å². The molecule has 0 spiro atoms. The average Bonchev–Trinajstić information content (AvgIpc) is 3.03. The molecule has 2 aromatic heterocycles. The first-order valence-corrected chi connectivity index (χ1v) is 8.14. The Morgan fingerprint density at radius 2 is 2.19 bits per heavy atom. The predicted molar refractivity (Wildman–Crippen MR) is 83.3 cm³/mol. The standard InChI is InChI=1S/C16H23N5/c17-12-4-5-13(9-12)19-16-10-14(8-11-2-1-3-11)20-15-6-7-18-21(15)16/h6-7,10-13,19H,1-5,8-9,17H2/t12-,13-/m0/s1. The monoisotopic (exact) mass is 285 g/mol. The van der Waals surface area contributed by atoms with Crippen molar-refractivity contribution in [3.63, 3.8) is 0 Å². The maximum Gasteiger partial charge on any atom is 0.157 e. The fraction of sp³-hybridized carbons (Fsp3) is 0.625. The SMILES string of the molecule is N[C@H]1CC[C@H](Nc2cc(CC3CCC3)nc3ccnn23)C1. The minimum absolute atomic E-state index is 0.340. The highest BCUT2D eigenvalue weighted by atomic mass is 15.3. The van der Waals surface area contributed by atoms with Gasteiger partial charge in [-0.05, 0) is 31.6 Å². The summed E-state index contributed by atoms with van der Waals surface area (Å²) < 4.78 is 1.91. The number of anilines is 1. The highest BCUT2D eigenvalue weighted by Crippen LogP contribution is 2.30. The zero-order chi connectivity index (χ0) is 14.2. The molecule has 0 radical (unpaired) electrons. The second-order valence-corrected chi connectivity index (χ2v) is 6.65. The molecule has 4 rings (SSSR count). The van der Waals surface area contributed by atoms with Crippen molar-refractivity contribution in [2.45, 2.75) is 57.0 Å². The predicted octanol–water partition coefficient (Wildman–Crippen LogP) is 2.36. The summed E-state index contributed by atoms with van der Waals surface area (Å²) >= 11 is 0. The summed E-state index contributed by atoms with van der Waals surface area (Å²) in [7, 11) is 0. The first-order chi connectivity index (χ1) is 10.3. The third-order valence-corrected chi connectivity index (χ3v) is 4.96. The van der Waals surface area contributed by atoms with Crippen molar-refractivity contribution in [2.75, 3.05) is 5.32 Å². The Morgan fingerprint density at radius 3 is 2.90 bits per heavy atom. The van der Waals surface area contributed by atoms with Crippen molar-refractivity contribution in [3.8, 4) is 0 Å². The third-order valence-electron chi connectivity index (χ3n) is 4.96. The molecular formula is C16H23N5. The van der Waals surface area contributed by atoms with Crippen molar-refractivity contribution < 1.29 is 0 Å². The Hall–Kier alpha value is -1.62. The lowest BCUT2D eigenvalue weighted by atomic mass is 9.82. The summed E-state index contributed by atoms with van der Waals surface area (Å²) in [6.07, 6.45) is 10.3. The van der Waals surface area contributed by atoms with E-state index in [1.54, 1.807) is 0 Å². The molecule has 0 unspecified atom stereocenters. The first-order valence-electron chi connectivity index (χ1n) is 8.14. The molecule has 0 saturated heterocycles. The lowest BCUT2D eigenvalue weighted by molar-refractivity contribution is 0.312. The van der Waals surface area contributed by atoms with Crippen LogP contribution >= 0.6 is 0 Å². The van der Waals surface area contributed by atoms with Gasteiger partial charge in [0.15, 0.2) is 5.65 Å². The van der Waals surface area contributed by atoms with E-state index in [4.69, 9.17) is 10.7 Å². The second kappa shape index (κ2) is 5.30. The van der Waals surface area contributed by atoms with Gasteiger partial charge in [-0.1, -0.05) is 19.3 Å².